The van der Waals surface area contributed by atoms with E-state index in [1.54, 1.807) is 0 Å². The predicted octanol–water partition coefficient (Wildman–Crippen LogP) is 2.84. The first-order chi connectivity index (χ1) is 7.59. The monoisotopic (exact) mass is 238 g/mol. The highest BCUT2D eigenvalue weighted by Gasteiger charge is 2.25. The van der Waals surface area contributed by atoms with Gasteiger partial charge in [-0.1, -0.05) is 17.7 Å². The standard InChI is InChI=1S/C13H19ClN2/c1-9-4-5-12(14)6-13(9)16-10(2)7-15-8-11(16)3/h4-6,10-11,15H,7-8H2,1-3H3. The van der Waals surface area contributed by atoms with Gasteiger partial charge in [-0.3, -0.25) is 0 Å². The van der Waals surface area contributed by atoms with Crippen molar-refractivity contribution in [1.82, 2.24) is 5.32 Å². The molecule has 0 bridgehead atoms. The van der Waals surface area contributed by atoms with Crippen LogP contribution in [-0.4, -0.2) is 25.2 Å². The molecule has 88 valence electrons. The molecule has 1 fully saturated rings. The summed E-state index contributed by atoms with van der Waals surface area (Å²) in [6, 6.07) is 7.16. The first-order valence-corrected chi connectivity index (χ1v) is 6.22. The van der Waals surface area contributed by atoms with Crippen LogP contribution in [0.2, 0.25) is 5.02 Å². The molecular formula is C13H19ClN2. The van der Waals surface area contributed by atoms with Gasteiger partial charge < -0.3 is 10.2 Å². The Morgan fingerprint density at radius 2 is 1.88 bits per heavy atom. The second kappa shape index (κ2) is 4.64. The molecule has 2 nitrogen and oxygen atoms in total. The zero-order valence-electron chi connectivity index (χ0n) is 10.1. The summed E-state index contributed by atoms with van der Waals surface area (Å²) in [5.41, 5.74) is 2.57. The van der Waals surface area contributed by atoms with Crippen LogP contribution in [-0.2, 0) is 0 Å². The number of nitrogens with one attached hydrogen (secondary N) is 1. The van der Waals surface area contributed by atoms with Crippen molar-refractivity contribution in [1.29, 1.82) is 0 Å². The molecule has 2 rings (SSSR count). The highest BCUT2D eigenvalue weighted by Crippen LogP contribution is 2.28. The molecule has 16 heavy (non-hydrogen) atoms. The van der Waals surface area contributed by atoms with Gasteiger partial charge in [-0.25, -0.2) is 0 Å². The smallest absolute Gasteiger partial charge is 0.0426 e. The number of benzene rings is 1. The van der Waals surface area contributed by atoms with E-state index in [9.17, 15) is 0 Å². The molecule has 0 saturated carbocycles. The highest BCUT2D eigenvalue weighted by molar-refractivity contribution is 6.30. The predicted molar refractivity (Wildman–Crippen MR) is 70.5 cm³/mol. The van der Waals surface area contributed by atoms with Crippen molar-refractivity contribution in [2.24, 2.45) is 0 Å². The van der Waals surface area contributed by atoms with Gasteiger partial charge in [0.25, 0.3) is 0 Å². The third-order valence-corrected chi connectivity index (χ3v) is 3.51. The third kappa shape index (κ3) is 2.18. The summed E-state index contributed by atoms with van der Waals surface area (Å²) < 4.78 is 0. The fourth-order valence-corrected chi connectivity index (χ4v) is 2.63. The molecule has 0 amide bonds. The molecule has 0 spiro atoms. The third-order valence-electron chi connectivity index (χ3n) is 3.28. The lowest BCUT2D eigenvalue weighted by Crippen LogP contribution is -2.55. The summed E-state index contributed by atoms with van der Waals surface area (Å²) >= 11 is 6.09. The molecule has 1 heterocycles. The molecule has 1 aliphatic heterocycles. The zero-order chi connectivity index (χ0) is 11.7. The minimum absolute atomic E-state index is 0.515. The van der Waals surface area contributed by atoms with E-state index in [4.69, 9.17) is 11.6 Å². The van der Waals surface area contributed by atoms with Crippen LogP contribution in [0.25, 0.3) is 0 Å². The SMILES string of the molecule is Cc1ccc(Cl)cc1N1C(C)CNCC1C. The van der Waals surface area contributed by atoms with Crippen molar-refractivity contribution in [2.75, 3.05) is 18.0 Å². The largest absolute Gasteiger partial charge is 0.363 e. The lowest BCUT2D eigenvalue weighted by molar-refractivity contribution is 0.431. The molecule has 2 unspecified atom stereocenters. The Hall–Kier alpha value is -0.730. The van der Waals surface area contributed by atoms with E-state index >= 15 is 0 Å². The van der Waals surface area contributed by atoms with Gasteiger partial charge in [0.1, 0.15) is 0 Å². The van der Waals surface area contributed by atoms with Gasteiger partial charge in [-0.05, 0) is 38.5 Å². The Labute approximate surface area is 103 Å². The molecule has 0 aliphatic carbocycles. The molecule has 1 aliphatic rings. The lowest BCUT2D eigenvalue weighted by Gasteiger charge is -2.42. The second-order valence-corrected chi connectivity index (χ2v) is 5.13. The Morgan fingerprint density at radius 3 is 2.50 bits per heavy atom. The number of anilines is 1. The molecule has 3 heteroatoms. The van der Waals surface area contributed by atoms with Gasteiger partial charge in [0, 0.05) is 35.9 Å². The molecule has 1 N–H and O–H groups in total. The van der Waals surface area contributed by atoms with Crippen LogP contribution < -0.4 is 10.2 Å². The van der Waals surface area contributed by atoms with Crippen LogP contribution in [0.1, 0.15) is 19.4 Å². The number of nitrogens with zero attached hydrogens (tertiary/aromatic N) is 1. The van der Waals surface area contributed by atoms with Crippen molar-refractivity contribution < 1.29 is 0 Å². The van der Waals surface area contributed by atoms with Gasteiger partial charge in [0.15, 0.2) is 0 Å². The van der Waals surface area contributed by atoms with Crippen LogP contribution in [0.5, 0.6) is 0 Å². The van der Waals surface area contributed by atoms with Gasteiger partial charge in [0.2, 0.25) is 0 Å². The number of piperazine rings is 1. The summed E-state index contributed by atoms with van der Waals surface area (Å²) in [7, 11) is 0. The summed E-state index contributed by atoms with van der Waals surface area (Å²) in [5, 5.41) is 4.26. The normalized spacial score (nSPS) is 25.9. The van der Waals surface area contributed by atoms with Crippen LogP contribution in [0.3, 0.4) is 0 Å². The number of hydrogen-bond donors (Lipinski definition) is 1. The Bertz CT molecular complexity index is 368. The average molecular weight is 239 g/mol. The number of aryl methyl sites for hydroxylation is 1. The van der Waals surface area contributed by atoms with Crippen molar-refractivity contribution in [3.8, 4) is 0 Å². The first-order valence-electron chi connectivity index (χ1n) is 5.85. The molecule has 0 radical (unpaired) electrons. The maximum Gasteiger partial charge on any atom is 0.0426 e. The van der Waals surface area contributed by atoms with Crippen LogP contribution in [0.15, 0.2) is 18.2 Å². The van der Waals surface area contributed by atoms with Crippen LogP contribution >= 0.6 is 11.6 Å². The van der Waals surface area contributed by atoms with E-state index < -0.39 is 0 Å². The van der Waals surface area contributed by atoms with Crippen LogP contribution in [0, 0.1) is 6.92 Å². The van der Waals surface area contributed by atoms with Gasteiger partial charge in [-0.2, -0.15) is 0 Å². The number of rotatable bonds is 1. The van der Waals surface area contributed by atoms with Crippen molar-refractivity contribution in [2.45, 2.75) is 32.9 Å². The Kier molecular flexibility index (Phi) is 3.41. The summed E-state index contributed by atoms with van der Waals surface area (Å²) in [6.07, 6.45) is 0. The van der Waals surface area contributed by atoms with Gasteiger partial charge in [-0.15, -0.1) is 0 Å². The Balaban J connectivity index is 2.37. The summed E-state index contributed by atoms with van der Waals surface area (Å²) in [4.78, 5) is 2.47. The molecular weight excluding hydrogens is 220 g/mol. The molecule has 2 atom stereocenters. The topological polar surface area (TPSA) is 15.3 Å². The highest BCUT2D eigenvalue weighted by atomic mass is 35.5. The first kappa shape index (κ1) is 11.7. The molecule has 1 aromatic rings. The van der Waals surface area contributed by atoms with Crippen molar-refractivity contribution in [3.63, 3.8) is 0 Å². The fraction of sp³-hybridized carbons (Fsp3) is 0.538. The summed E-state index contributed by atoms with van der Waals surface area (Å²) in [5.74, 6) is 0. The zero-order valence-corrected chi connectivity index (χ0v) is 10.9. The maximum absolute atomic E-state index is 6.09. The van der Waals surface area contributed by atoms with E-state index in [0.29, 0.717) is 12.1 Å². The van der Waals surface area contributed by atoms with Gasteiger partial charge in [0.05, 0.1) is 0 Å². The van der Waals surface area contributed by atoms with Gasteiger partial charge >= 0.3 is 0 Å². The van der Waals surface area contributed by atoms with Crippen molar-refractivity contribution >= 4 is 17.3 Å². The van der Waals surface area contributed by atoms with E-state index in [-0.39, 0.29) is 0 Å². The lowest BCUT2D eigenvalue weighted by atomic mass is 10.1. The van der Waals surface area contributed by atoms with E-state index in [1.165, 1.54) is 11.3 Å². The van der Waals surface area contributed by atoms with E-state index in [2.05, 4.69) is 43.1 Å². The quantitative estimate of drug-likeness (QED) is 0.810. The maximum atomic E-state index is 6.09. The summed E-state index contributed by atoms with van der Waals surface area (Å²) in [6.45, 7) is 8.73. The average Bonchev–Trinajstić information content (AvgIpc) is 2.23. The fourth-order valence-electron chi connectivity index (χ4n) is 2.47. The van der Waals surface area contributed by atoms with E-state index in [1.807, 2.05) is 6.07 Å². The molecule has 0 aromatic heterocycles. The van der Waals surface area contributed by atoms with Crippen molar-refractivity contribution in [3.05, 3.63) is 28.8 Å². The number of hydrogen-bond acceptors (Lipinski definition) is 2. The Morgan fingerprint density at radius 1 is 1.25 bits per heavy atom. The van der Waals surface area contributed by atoms with Crippen LogP contribution in [0.4, 0.5) is 5.69 Å². The minimum atomic E-state index is 0.515. The second-order valence-electron chi connectivity index (χ2n) is 4.69. The van der Waals surface area contributed by atoms with E-state index in [0.717, 1.165) is 18.1 Å². The molecule has 1 saturated heterocycles. The number of halogens is 1. The molecule has 1 aromatic carbocycles. The minimum Gasteiger partial charge on any atom is -0.363 e.